The van der Waals surface area contributed by atoms with Crippen molar-refractivity contribution in [3.63, 3.8) is 0 Å². The van der Waals surface area contributed by atoms with Crippen LogP contribution in [0.5, 0.6) is 5.75 Å². The van der Waals surface area contributed by atoms with Crippen LogP contribution in [0.2, 0.25) is 5.02 Å². The van der Waals surface area contributed by atoms with Gasteiger partial charge >= 0.3 is 0 Å². The molecule has 0 aliphatic heterocycles. The van der Waals surface area contributed by atoms with Crippen LogP contribution in [0.1, 0.15) is 11.1 Å². The van der Waals surface area contributed by atoms with Crippen LogP contribution < -0.4 is 10.1 Å². The molecule has 2 rings (SSSR count). The number of aryl methyl sites for hydroxylation is 1. The van der Waals surface area contributed by atoms with Crippen LogP contribution in [0.4, 0.5) is 4.39 Å². The van der Waals surface area contributed by atoms with Crippen LogP contribution >= 0.6 is 11.6 Å². The topological polar surface area (TPSA) is 21.3 Å². The molecule has 1 N–H and O–H groups in total. The van der Waals surface area contributed by atoms with Crippen molar-refractivity contribution in [3.05, 3.63) is 64.4 Å². The molecule has 0 aliphatic carbocycles. The molecule has 0 bridgehead atoms. The molecule has 0 heterocycles. The fourth-order valence-electron chi connectivity index (χ4n) is 1.89. The lowest BCUT2D eigenvalue weighted by Gasteiger charge is -2.08. The highest BCUT2D eigenvalue weighted by atomic mass is 35.5. The van der Waals surface area contributed by atoms with E-state index in [9.17, 15) is 4.39 Å². The molecule has 0 saturated heterocycles. The molecule has 0 amide bonds. The van der Waals surface area contributed by atoms with Gasteiger partial charge in [-0.3, -0.25) is 0 Å². The van der Waals surface area contributed by atoms with E-state index >= 15 is 0 Å². The Morgan fingerprint density at radius 2 is 2.05 bits per heavy atom. The Bertz CT molecular complexity index is 554. The van der Waals surface area contributed by atoms with E-state index in [1.807, 2.05) is 31.2 Å². The number of hydrogen-bond acceptors (Lipinski definition) is 2. The SMILES string of the molecule is Cc1cccc(OCCNCc2cc(F)cc(Cl)c2)c1. The van der Waals surface area contributed by atoms with Gasteiger partial charge in [-0.15, -0.1) is 0 Å². The van der Waals surface area contributed by atoms with Crippen molar-refractivity contribution in [2.45, 2.75) is 13.5 Å². The summed E-state index contributed by atoms with van der Waals surface area (Å²) in [4.78, 5) is 0. The molecule has 0 aromatic heterocycles. The molecule has 0 atom stereocenters. The molecule has 2 aromatic carbocycles. The summed E-state index contributed by atoms with van der Waals surface area (Å²) in [6, 6.07) is 12.4. The Labute approximate surface area is 123 Å². The summed E-state index contributed by atoms with van der Waals surface area (Å²) >= 11 is 5.79. The van der Waals surface area contributed by atoms with Crippen LogP contribution in [0, 0.1) is 12.7 Å². The summed E-state index contributed by atoms with van der Waals surface area (Å²) in [5, 5.41) is 3.61. The summed E-state index contributed by atoms with van der Waals surface area (Å²) in [5.74, 6) is 0.547. The summed E-state index contributed by atoms with van der Waals surface area (Å²) < 4.78 is 18.7. The van der Waals surface area contributed by atoms with Gasteiger partial charge in [-0.1, -0.05) is 23.7 Å². The van der Waals surface area contributed by atoms with E-state index in [0.717, 1.165) is 11.3 Å². The van der Waals surface area contributed by atoms with E-state index < -0.39 is 0 Å². The Morgan fingerprint density at radius 3 is 2.80 bits per heavy atom. The van der Waals surface area contributed by atoms with Gasteiger partial charge in [0.25, 0.3) is 0 Å². The summed E-state index contributed by atoms with van der Waals surface area (Å²) in [7, 11) is 0. The highest BCUT2D eigenvalue weighted by molar-refractivity contribution is 6.30. The monoisotopic (exact) mass is 293 g/mol. The average Bonchev–Trinajstić information content (AvgIpc) is 2.37. The number of rotatable bonds is 6. The van der Waals surface area contributed by atoms with Gasteiger partial charge in [0.05, 0.1) is 0 Å². The number of halogens is 2. The fraction of sp³-hybridized carbons (Fsp3) is 0.250. The van der Waals surface area contributed by atoms with Crippen molar-refractivity contribution < 1.29 is 9.13 Å². The van der Waals surface area contributed by atoms with Crippen LogP contribution in [-0.2, 0) is 6.54 Å². The van der Waals surface area contributed by atoms with Crippen molar-refractivity contribution in [2.24, 2.45) is 0 Å². The number of hydrogen-bond donors (Lipinski definition) is 1. The van der Waals surface area contributed by atoms with Crippen LogP contribution in [0.15, 0.2) is 42.5 Å². The second-order valence-corrected chi connectivity index (χ2v) is 5.06. The van der Waals surface area contributed by atoms with E-state index in [1.54, 1.807) is 6.07 Å². The predicted molar refractivity (Wildman–Crippen MR) is 79.8 cm³/mol. The second-order valence-electron chi connectivity index (χ2n) is 4.62. The Balaban J connectivity index is 1.71. The molecule has 106 valence electrons. The predicted octanol–water partition coefficient (Wildman–Crippen LogP) is 3.96. The summed E-state index contributed by atoms with van der Waals surface area (Å²) in [5.41, 5.74) is 2.00. The van der Waals surface area contributed by atoms with Gasteiger partial charge < -0.3 is 10.1 Å². The smallest absolute Gasteiger partial charge is 0.125 e. The Kier molecular flexibility index (Phi) is 5.39. The molecular formula is C16H17ClFNO. The van der Waals surface area contributed by atoms with Crippen molar-refractivity contribution in [1.82, 2.24) is 5.32 Å². The second kappa shape index (κ2) is 7.27. The molecule has 20 heavy (non-hydrogen) atoms. The first kappa shape index (κ1) is 14.8. The van der Waals surface area contributed by atoms with Crippen LogP contribution in [-0.4, -0.2) is 13.2 Å². The van der Waals surface area contributed by atoms with E-state index in [1.165, 1.54) is 17.7 Å². The summed E-state index contributed by atoms with van der Waals surface area (Å²) in [6.45, 7) is 3.84. The normalized spacial score (nSPS) is 10.6. The molecule has 0 aliphatic rings. The molecular weight excluding hydrogens is 277 g/mol. The molecule has 0 radical (unpaired) electrons. The zero-order valence-corrected chi connectivity index (χ0v) is 12.1. The van der Waals surface area contributed by atoms with Gasteiger partial charge in [-0.2, -0.15) is 0 Å². The molecule has 0 saturated carbocycles. The average molecular weight is 294 g/mol. The quantitative estimate of drug-likeness (QED) is 0.814. The third kappa shape index (κ3) is 4.83. The fourth-order valence-corrected chi connectivity index (χ4v) is 2.14. The maximum Gasteiger partial charge on any atom is 0.125 e. The first-order chi connectivity index (χ1) is 9.63. The summed E-state index contributed by atoms with van der Waals surface area (Å²) in [6.07, 6.45) is 0. The third-order valence-corrected chi connectivity index (χ3v) is 3.01. The van der Waals surface area contributed by atoms with Crippen LogP contribution in [0.3, 0.4) is 0 Å². The molecule has 0 unspecified atom stereocenters. The van der Waals surface area contributed by atoms with Crippen molar-refractivity contribution in [1.29, 1.82) is 0 Å². The van der Waals surface area contributed by atoms with Gasteiger partial charge in [0.1, 0.15) is 18.2 Å². The number of ether oxygens (including phenoxy) is 1. The minimum absolute atomic E-state index is 0.315. The third-order valence-electron chi connectivity index (χ3n) is 2.79. The van der Waals surface area contributed by atoms with E-state index in [2.05, 4.69) is 5.32 Å². The van der Waals surface area contributed by atoms with Crippen molar-refractivity contribution in [3.8, 4) is 5.75 Å². The minimum atomic E-state index is -0.315. The van der Waals surface area contributed by atoms with Gasteiger partial charge in [0, 0.05) is 18.1 Å². The lowest BCUT2D eigenvalue weighted by Crippen LogP contribution is -2.20. The van der Waals surface area contributed by atoms with Crippen LogP contribution in [0.25, 0.3) is 0 Å². The van der Waals surface area contributed by atoms with Gasteiger partial charge in [0.2, 0.25) is 0 Å². The van der Waals surface area contributed by atoms with E-state index in [0.29, 0.717) is 24.7 Å². The highest BCUT2D eigenvalue weighted by Crippen LogP contribution is 2.14. The zero-order chi connectivity index (χ0) is 14.4. The molecule has 0 spiro atoms. The molecule has 4 heteroatoms. The van der Waals surface area contributed by atoms with Crippen molar-refractivity contribution >= 4 is 11.6 Å². The maximum atomic E-state index is 13.1. The van der Waals surface area contributed by atoms with E-state index in [4.69, 9.17) is 16.3 Å². The molecule has 2 nitrogen and oxygen atoms in total. The number of nitrogens with one attached hydrogen (secondary N) is 1. The lowest BCUT2D eigenvalue weighted by molar-refractivity contribution is 0.313. The largest absolute Gasteiger partial charge is 0.492 e. The first-order valence-electron chi connectivity index (χ1n) is 6.48. The standard InChI is InChI=1S/C16H17ClFNO/c1-12-3-2-4-16(7-12)20-6-5-19-11-13-8-14(17)10-15(18)9-13/h2-4,7-10,19H,5-6,11H2,1H3. The zero-order valence-electron chi connectivity index (χ0n) is 11.3. The maximum absolute atomic E-state index is 13.1. The first-order valence-corrected chi connectivity index (χ1v) is 6.86. The highest BCUT2D eigenvalue weighted by Gasteiger charge is 1.99. The Hall–Kier alpha value is -1.58. The van der Waals surface area contributed by atoms with Crippen molar-refractivity contribution in [2.75, 3.05) is 13.2 Å². The van der Waals surface area contributed by atoms with Gasteiger partial charge in [-0.25, -0.2) is 4.39 Å². The minimum Gasteiger partial charge on any atom is -0.492 e. The molecule has 0 fully saturated rings. The lowest BCUT2D eigenvalue weighted by atomic mass is 10.2. The Morgan fingerprint density at radius 1 is 1.20 bits per heavy atom. The molecule has 2 aromatic rings. The number of benzene rings is 2. The van der Waals surface area contributed by atoms with Gasteiger partial charge in [0.15, 0.2) is 0 Å². The van der Waals surface area contributed by atoms with E-state index in [-0.39, 0.29) is 5.82 Å². The van der Waals surface area contributed by atoms with Gasteiger partial charge in [-0.05, 0) is 48.4 Å².